The Morgan fingerprint density at radius 1 is 0.973 bits per heavy atom. The normalized spacial score (nSPS) is 11.0. The van der Waals surface area contributed by atoms with Gasteiger partial charge in [-0.15, -0.1) is 0 Å². The number of nitrogens with one attached hydrogen (secondary N) is 1. The van der Waals surface area contributed by atoms with Crippen LogP contribution in [0.5, 0.6) is 11.5 Å². The minimum atomic E-state index is -0.350. The van der Waals surface area contributed by atoms with Crippen molar-refractivity contribution in [1.82, 2.24) is 29.5 Å². The van der Waals surface area contributed by atoms with E-state index in [-0.39, 0.29) is 11.7 Å². The number of amides is 1. The first-order valence-electron chi connectivity index (χ1n) is 11.7. The summed E-state index contributed by atoms with van der Waals surface area (Å²) < 4.78 is 27.8. The number of fused-ring (bicyclic) bond motifs is 1. The van der Waals surface area contributed by atoms with E-state index < -0.39 is 0 Å². The molecule has 0 aliphatic rings. The highest BCUT2D eigenvalue weighted by molar-refractivity contribution is 6.04. The van der Waals surface area contributed by atoms with Gasteiger partial charge < -0.3 is 14.8 Å². The van der Waals surface area contributed by atoms with Gasteiger partial charge in [-0.2, -0.15) is 14.9 Å². The van der Waals surface area contributed by atoms with Gasteiger partial charge >= 0.3 is 0 Å². The number of carbonyl (C=O) groups excluding carboxylic acids is 1. The van der Waals surface area contributed by atoms with Gasteiger partial charge in [-0.1, -0.05) is 0 Å². The summed E-state index contributed by atoms with van der Waals surface area (Å²) in [6.07, 6.45) is 3.00. The molecule has 0 bridgehead atoms. The van der Waals surface area contributed by atoms with Crippen LogP contribution in [0.1, 0.15) is 29.9 Å². The average molecular weight is 502 g/mol. The van der Waals surface area contributed by atoms with Gasteiger partial charge in [0.1, 0.15) is 18.0 Å². The molecule has 0 saturated heterocycles. The number of halogens is 1. The summed E-state index contributed by atoms with van der Waals surface area (Å²) in [5, 5.41) is 12.5. The highest BCUT2D eigenvalue weighted by atomic mass is 19.1. The topological polar surface area (TPSA) is 109 Å². The summed E-state index contributed by atoms with van der Waals surface area (Å²) in [6, 6.07) is 12.7. The lowest BCUT2D eigenvalue weighted by Crippen LogP contribution is -2.16. The zero-order valence-corrected chi connectivity index (χ0v) is 20.5. The van der Waals surface area contributed by atoms with Crippen LogP contribution in [0.3, 0.4) is 0 Å². The summed E-state index contributed by atoms with van der Waals surface area (Å²) in [5.74, 6) is 1.23. The standard InChI is InChI=1S/C26H24FN7O3/c1-4-36-21-11-6-17(13-22(21)37-5-2)26(35)31-23-12-16(3)32-34(23)25-20-14-30-33(24(20)28-15-29-25)19-9-7-18(27)8-10-19/h6-15H,4-5H2,1-3H3,(H,31,35). The molecule has 1 amide bonds. The number of aryl methyl sites for hydroxylation is 1. The zero-order valence-electron chi connectivity index (χ0n) is 20.5. The lowest BCUT2D eigenvalue weighted by molar-refractivity contribution is 0.102. The molecule has 0 fully saturated rings. The van der Waals surface area contributed by atoms with Gasteiger partial charge in [-0.3, -0.25) is 4.79 Å². The number of aromatic nitrogens is 6. The fourth-order valence-electron chi connectivity index (χ4n) is 3.90. The monoisotopic (exact) mass is 501 g/mol. The third-order valence-electron chi connectivity index (χ3n) is 5.50. The molecule has 3 aromatic heterocycles. The van der Waals surface area contributed by atoms with Gasteiger partial charge in [0.25, 0.3) is 5.91 Å². The number of anilines is 1. The summed E-state index contributed by atoms with van der Waals surface area (Å²) in [6.45, 7) is 6.48. The fourth-order valence-corrected chi connectivity index (χ4v) is 3.90. The van der Waals surface area contributed by atoms with E-state index in [4.69, 9.17) is 9.47 Å². The van der Waals surface area contributed by atoms with E-state index in [1.807, 2.05) is 20.8 Å². The summed E-state index contributed by atoms with van der Waals surface area (Å²) >= 11 is 0. The van der Waals surface area contributed by atoms with Crippen molar-refractivity contribution in [2.75, 3.05) is 18.5 Å². The molecular weight excluding hydrogens is 477 g/mol. The third-order valence-corrected chi connectivity index (χ3v) is 5.50. The van der Waals surface area contributed by atoms with Crippen molar-refractivity contribution in [2.45, 2.75) is 20.8 Å². The number of nitrogens with zero attached hydrogens (tertiary/aromatic N) is 6. The van der Waals surface area contributed by atoms with Gasteiger partial charge in [0.05, 0.1) is 36.2 Å². The van der Waals surface area contributed by atoms with Crippen molar-refractivity contribution in [1.29, 1.82) is 0 Å². The number of hydrogen-bond donors (Lipinski definition) is 1. The molecule has 0 saturated carbocycles. The number of carbonyl (C=O) groups is 1. The minimum Gasteiger partial charge on any atom is -0.490 e. The van der Waals surface area contributed by atoms with Crippen molar-refractivity contribution in [2.24, 2.45) is 0 Å². The van der Waals surface area contributed by atoms with Gasteiger partial charge in [0.15, 0.2) is 23.0 Å². The van der Waals surface area contributed by atoms with E-state index in [0.29, 0.717) is 64.3 Å². The molecule has 5 aromatic rings. The van der Waals surface area contributed by atoms with Crippen LogP contribution in [-0.4, -0.2) is 48.6 Å². The maximum atomic E-state index is 13.4. The first-order valence-corrected chi connectivity index (χ1v) is 11.7. The molecule has 0 aliphatic heterocycles. The molecule has 10 nitrogen and oxygen atoms in total. The summed E-state index contributed by atoms with van der Waals surface area (Å²) in [4.78, 5) is 22.0. The molecule has 5 rings (SSSR count). The van der Waals surface area contributed by atoms with E-state index in [0.717, 1.165) is 0 Å². The summed E-state index contributed by atoms with van der Waals surface area (Å²) in [7, 11) is 0. The Morgan fingerprint density at radius 3 is 2.49 bits per heavy atom. The predicted octanol–water partition coefficient (Wildman–Crippen LogP) is 4.50. The van der Waals surface area contributed by atoms with Gasteiger partial charge in [-0.25, -0.2) is 19.0 Å². The van der Waals surface area contributed by atoms with Crippen molar-refractivity contribution >= 4 is 22.8 Å². The highest BCUT2D eigenvalue weighted by Crippen LogP contribution is 2.29. The second-order valence-electron chi connectivity index (χ2n) is 8.03. The van der Waals surface area contributed by atoms with Crippen LogP contribution in [0.4, 0.5) is 10.2 Å². The average Bonchev–Trinajstić information content (AvgIpc) is 3.49. The first kappa shape index (κ1) is 23.9. The Morgan fingerprint density at radius 2 is 1.73 bits per heavy atom. The van der Waals surface area contributed by atoms with Crippen LogP contribution in [0.2, 0.25) is 0 Å². The summed E-state index contributed by atoms with van der Waals surface area (Å²) in [5.41, 5.74) is 2.23. The molecule has 2 aromatic carbocycles. The molecule has 11 heteroatoms. The zero-order chi connectivity index (χ0) is 25.9. The molecule has 1 N–H and O–H groups in total. The highest BCUT2D eigenvalue weighted by Gasteiger charge is 2.19. The number of benzene rings is 2. The second kappa shape index (κ2) is 10.1. The Hall–Kier alpha value is -4.80. The SMILES string of the molecule is CCOc1ccc(C(=O)Nc2cc(C)nn2-c2ncnc3c2cnn3-c2ccc(F)cc2)cc1OCC. The molecule has 37 heavy (non-hydrogen) atoms. The minimum absolute atomic E-state index is 0.344. The van der Waals surface area contributed by atoms with Gasteiger partial charge in [-0.05, 0) is 63.2 Å². The van der Waals surface area contributed by atoms with Crippen molar-refractivity contribution in [3.05, 3.63) is 78.1 Å². The molecule has 0 atom stereocenters. The van der Waals surface area contributed by atoms with E-state index in [1.54, 1.807) is 47.3 Å². The van der Waals surface area contributed by atoms with E-state index in [2.05, 4.69) is 25.5 Å². The molecule has 3 heterocycles. The molecule has 0 aliphatic carbocycles. The Labute approximate surface area is 211 Å². The fraction of sp³-hybridized carbons (Fsp3) is 0.192. The molecule has 0 unspecified atom stereocenters. The Balaban J connectivity index is 1.50. The number of ether oxygens (including phenoxy) is 2. The predicted molar refractivity (Wildman–Crippen MR) is 135 cm³/mol. The van der Waals surface area contributed by atoms with Crippen LogP contribution in [0, 0.1) is 12.7 Å². The van der Waals surface area contributed by atoms with Crippen molar-refractivity contribution in [3.8, 4) is 23.0 Å². The number of hydrogen-bond acceptors (Lipinski definition) is 7. The molecule has 0 radical (unpaired) electrons. The van der Waals surface area contributed by atoms with Crippen LogP contribution in [-0.2, 0) is 0 Å². The Bertz CT molecular complexity index is 1580. The Kier molecular flexibility index (Phi) is 6.50. The van der Waals surface area contributed by atoms with Gasteiger partial charge in [0.2, 0.25) is 0 Å². The van der Waals surface area contributed by atoms with Crippen LogP contribution < -0.4 is 14.8 Å². The molecule has 0 spiro atoms. The van der Waals surface area contributed by atoms with E-state index in [1.165, 1.54) is 23.1 Å². The lowest BCUT2D eigenvalue weighted by Gasteiger charge is -2.13. The molecule has 188 valence electrons. The van der Waals surface area contributed by atoms with Crippen LogP contribution in [0.25, 0.3) is 22.5 Å². The van der Waals surface area contributed by atoms with Crippen molar-refractivity contribution in [3.63, 3.8) is 0 Å². The molecular formula is C26H24FN7O3. The van der Waals surface area contributed by atoms with Gasteiger partial charge in [0, 0.05) is 11.6 Å². The van der Waals surface area contributed by atoms with E-state index >= 15 is 0 Å². The largest absolute Gasteiger partial charge is 0.490 e. The maximum Gasteiger partial charge on any atom is 0.256 e. The quantitative estimate of drug-likeness (QED) is 0.333. The first-order chi connectivity index (χ1) is 18.0. The van der Waals surface area contributed by atoms with Crippen molar-refractivity contribution < 1.29 is 18.7 Å². The van der Waals surface area contributed by atoms with Crippen LogP contribution >= 0.6 is 0 Å². The number of rotatable bonds is 8. The van der Waals surface area contributed by atoms with E-state index in [9.17, 15) is 9.18 Å². The second-order valence-corrected chi connectivity index (χ2v) is 8.03. The third kappa shape index (κ3) is 4.70. The maximum absolute atomic E-state index is 13.4. The smallest absolute Gasteiger partial charge is 0.256 e. The lowest BCUT2D eigenvalue weighted by atomic mass is 10.2. The van der Waals surface area contributed by atoms with Crippen LogP contribution in [0.15, 0.2) is 61.1 Å².